The molecule has 0 bridgehead atoms. The summed E-state index contributed by atoms with van der Waals surface area (Å²) in [7, 11) is 3.05. The molecular formula is C23H31N3O4S. The molecule has 2 N–H and O–H groups in total. The molecule has 1 saturated heterocycles. The lowest BCUT2D eigenvalue weighted by atomic mass is 9.86. The van der Waals surface area contributed by atoms with Gasteiger partial charge in [-0.2, -0.15) is 0 Å². The highest BCUT2D eigenvalue weighted by Crippen LogP contribution is 2.37. The van der Waals surface area contributed by atoms with E-state index in [4.69, 9.17) is 9.47 Å². The fourth-order valence-corrected chi connectivity index (χ4v) is 4.73. The van der Waals surface area contributed by atoms with Gasteiger partial charge in [0.05, 0.1) is 31.5 Å². The molecule has 0 spiro atoms. The molecule has 7 nitrogen and oxygen atoms in total. The summed E-state index contributed by atoms with van der Waals surface area (Å²) in [6.45, 7) is 7.66. The van der Waals surface area contributed by atoms with Crippen LogP contribution in [0.25, 0.3) is 0 Å². The number of hydrogen-bond donors (Lipinski definition) is 2. The SMILES string of the molecule is COc1cc(NC(=O)N[C@@H](c2cccs2)C(C)(C)C)c(C(=O)N2CCCC2)cc1OC. The molecule has 1 atom stereocenters. The van der Waals surface area contributed by atoms with Crippen molar-refractivity contribution in [2.45, 2.75) is 39.7 Å². The van der Waals surface area contributed by atoms with E-state index < -0.39 is 0 Å². The largest absolute Gasteiger partial charge is 0.493 e. The van der Waals surface area contributed by atoms with Crippen molar-refractivity contribution in [2.75, 3.05) is 32.6 Å². The quantitative estimate of drug-likeness (QED) is 0.662. The van der Waals surface area contributed by atoms with E-state index in [0.717, 1.165) is 17.7 Å². The van der Waals surface area contributed by atoms with Crippen LogP contribution in [0, 0.1) is 5.41 Å². The minimum absolute atomic E-state index is 0.126. The molecule has 1 aliphatic rings. The van der Waals surface area contributed by atoms with E-state index in [-0.39, 0.29) is 23.4 Å². The first-order valence-corrected chi connectivity index (χ1v) is 11.3. The third-order valence-corrected chi connectivity index (χ3v) is 6.30. The Balaban J connectivity index is 1.89. The first-order valence-electron chi connectivity index (χ1n) is 10.4. The average molecular weight is 446 g/mol. The Morgan fingerprint density at radius 1 is 1.10 bits per heavy atom. The Hall–Kier alpha value is -2.74. The molecule has 1 aromatic carbocycles. The van der Waals surface area contributed by atoms with Crippen molar-refractivity contribution in [1.29, 1.82) is 0 Å². The maximum Gasteiger partial charge on any atom is 0.319 e. The normalized spacial score (nSPS) is 14.8. The molecule has 1 fully saturated rings. The van der Waals surface area contributed by atoms with Crippen molar-refractivity contribution >= 4 is 29.0 Å². The molecule has 168 valence electrons. The lowest BCUT2D eigenvalue weighted by Gasteiger charge is -2.31. The molecule has 0 aliphatic carbocycles. The van der Waals surface area contributed by atoms with Crippen LogP contribution in [0.1, 0.15) is 54.9 Å². The number of benzene rings is 1. The van der Waals surface area contributed by atoms with E-state index in [9.17, 15) is 9.59 Å². The van der Waals surface area contributed by atoms with Gasteiger partial charge in [0, 0.05) is 24.0 Å². The van der Waals surface area contributed by atoms with Gasteiger partial charge in [0.2, 0.25) is 0 Å². The fraction of sp³-hybridized carbons (Fsp3) is 0.478. The molecule has 0 saturated carbocycles. The lowest BCUT2D eigenvalue weighted by molar-refractivity contribution is 0.0793. The second-order valence-electron chi connectivity index (χ2n) is 8.67. The van der Waals surface area contributed by atoms with Gasteiger partial charge in [0.15, 0.2) is 11.5 Å². The molecular weight excluding hydrogens is 414 g/mol. The zero-order valence-electron chi connectivity index (χ0n) is 18.8. The number of hydrogen-bond acceptors (Lipinski definition) is 5. The molecule has 1 aromatic heterocycles. The molecule has 8 heteroatoms. The Bertz CT molecular complexity index is 916. The summed E-state index contributed by atoms with van der Waals surface area (Å²) in [6.07, 6.45) is 1.96. The number of nitrogens with zero attached hydrogens (tertiary/aromatic N) is 1. The smallest absolute Gasteiger partial charge is 0.319 e. The number of carbonyl (C=O) groups excluding carboxylic acids is 2. The number of carbonyl (C=O) groups is 2. The van der Waals surface area contributed by atoms with Crippen LogP contribution in [-0.4, -0.2) is 44.1 Å². The number of thiophene rings is 1. The third-order valence-electron chi connectivity index (χ3n) is 5.36. The van der Waals surface area contributed by atoms with Crippen LogP contribution in [0.5, 0.6) is 11.5 Å². The summed E-state index contributed by atoms with van der Waals surface area (Å²) in [5.74, 6) is 0.767. The summed E-state index contributed by atoms with van der Waals surface area (Å²) in [6, 6.07) is 6.70. The van der Waals surface area contributed by atoms with Gasteiger partial charge in [-0.3, -0.25) is 4.79 Å². The highest BCUT2D eigenvalue weighted by atomic mass is 32.1. The highest BCUT2D eigenvalue weighted by Gasteiger charge is 2.30. The van der Waals surface area contributed by atoms with Crippen molar-refractivity contribution in [3.8, 4) is 11.5 Å². The number of ether oxygens (including phenoxy) is 2. The third kappa shape index (κ3) is 5.31. The monoisotopic (exact) mass is 445 g/mol. The van der Waals surface area contributed by atoms with Crippen LogP contribution in [0.15, 0.2) is 29.6 Å². The second kappa shape index (κ2) is 9.60. The van der Waals surface area contributed by atoms with Crippen LogP contribution < -0.4 is 20.1 Å². The Labute approximate surface area is 187 Å². The van der Waals surface area contributed by atoms with Gasteiger partial charge in [-0.25, -0.2) is 4.79 Å². The summed E-state index contributed by atoms with van der Waals surface area (Å²) in [5.41, 5.74) is 0.595. The Kier molecular flexibility index (Phi) is 7.10. The van der Waals surface area contributed by atoms with E-state index in [1.807, 2.05) is 17.5 Å². The molecule has 1 aliphatic heterocycles. The van der Waals surface area contributed by atoms with Gasteiger partial charge in [0.1, 0.15) is 0 Å². The lowest BCUT2D eigenvalue weighted by Crippen LogP contribution is -2.39. The van der Waals surface area contributed by atoms with Crippen LogP contribution >= 0.6 is 11.3 Å². The van der Waals surface area contributed by atoms with Crippen LogP contribution in [-0.2, 0) is 0 Å². The molecule has 0 unspecified atom stereocenters. The molecule has 31 heavy (non-hydrogen) atoms. The zero-order valence-corrected chi connectivity index (χ0v) is 19.6. The number of likely N-dealkylation sites (tertiary alicyclic amines) is 1. The van der Waals surface area contributed by atoms with E-state index in [1.165, 1.54) is 14.2 Å². The maximum absolute atomic E-state index is 13.1. The van der Waals surface area contributed by atoms with Gasteiger partial charge in [0.25, 0.3) is 5.91 Å². The predicted molar refractivity (Wildman–Crippen MR) is 123 cm³/mol. The topological polar surface area (TPSA) is 79.9 Å². The molecule has 3 amide bonds. The maximum atomic E-state index is 13.1. The minimum Gasteiger partial charge on any atom is -0.493 e. The first kappa shape index (κ1) is 22.9. The summed E-state index contributed by atoms with van der Waals surface area (Å²) < 4.78 is 10.8. The van der Waals surface area contributed by atoms with Gasteiger partial charge in [-0.15, -0.1) is 11.3 Å². The van der Waals surface area contributed by atoms with Gasteiger partial charge >= 0.3 is 6.03 Å². The van der Waals surface area contributed by atoms with Gasteiger partial charge < -0.3 is 25.0 Å². The fourth-order valence-electron chi connectivity index (χ4n) is 3.71. The van der Waals surface area contributed by atoms with Crippen LogP contribution in [0.4, 0.5) is 10.5 Å². The molecule has 3 rings (SSSR count). The molecule has 0 radical (unpaired) electrons. The Morgan fingerprint density at radius 3 is 2.29 bits per heavy atom. The number of anilines is 1. The first-order chi connectivity index (χ1) is 14.7. The van der Waals surface area contributed by atoms with Crippen molar-refractivity contribution in [3.63, 3.8) is 0 Å². The number of methoxy groups -OCH3 is 2. The zero-order chi connectivity index (χ0) is 22.6. The van der Waals surface area contributed by atoms with E-state index in [1.54, 1.807) is 28.4 Å². The number of rotatable bonds is 6. The molecule has 2 aromatic rings. The van der Waals surface area contributed by atoms with Crippen molar-refractivity contribution < 1.29 is 19.1 Å². The van der Waals surface area contributed by atoms with E-state index >= 15 is 0 Å². The van der Waals surface area contributed by atoms with Crippen molar-refractivity contribution in [2.24, 2.45) is 5.41 Å². The number of nitrogens with one attached hydrogen (secondary N) is 2. The number of urea groups is 1. The summed E-state index contributed by atoms with van der Waals surface area (Å²) >= 11 is 1.60. The van der Waals surface area contributed by atoms with Crippen LogP contribution in [0.2, 0.25) is 0 Å². The van der Waals surface area contributed by atoms with E-state index in [2.05, 4.69) is 31.4 Å². The highest BCUT2D eigenvalue weighted by molar-refractivity contribution is 7.10. The van der Waals surface area contributed by atoms with Gasteiger partial charge in [-0.05, 0) is 35.8 Å². The predicted octanol–water partition coefficient (Wildman–Crippen LogP) is 4.91. The molecule has 2 heterocycles. The van der Waals surface area contributed by atoms with Crippen molar-refractivity contribution in [1.82, 2.24) is 10.2 Å². The van der Waals surface area contributed by atoms with Crippen molar-refractivity contribution in [3.05, 3.63) is 40.1 Å². The Morgan fingerprint density at radius 2 is 1.74 bits per heavy atom. The second-order valence-corrected chi connectivity index (χ2v) is 9.64. The summed E-state index contributed by atoms with van der Waals surface area (Å²) in [5, 5.41) is 7.94. The van der Waals surface area contributed by atoms with Crippen LogP contribution in [0.3, 0.4) is 0 Å². The van der Waals surface area contributed by atoms with E-state index in [0.29, 0.717) is 35.8 Å². The minimum atomic E-state index is -0.379. The standard InChI is InChI=1S/C23H31N3O4S/c1-23(2,3)20(19-9-8-12-31-19)25-22(28)24-16-14-18(30-5)17(29-4)13-15(16)21(27)26-10-6-7-11-26/h8-9,12-14,20H,6-7,10-11H2,1-5H3,(H2,24,25,28)/t20-/m0/s1. The van der Waals surface area contributed by atoms with Gasteiger partial charge in [-0.1, -0.05) is 26.8 Å². The average Bonchev–Trinajstić information content (AvgIpc) is 3.44. The summed E-state index contributed by atoms with van der Waals surface area (Å²) in [4.78, 5) is 29.0. The number of amides is 3.